The van der Waals surface area contributed by atoms with Gasteiger partial charge in [0.05, 0.1) is 30.5 Å². The highest BCUT2D eigenvalue weighted by Crippen LogP contribution is 2.22. The maximum Gasteiger partial charge on any atom is 0.339 e. The Morgan fingerprint density at radius 2 is 1.92 bits per heavy atom. The summed E-state index contributed by atoms with van der Waals surface area (Å²) < 4.78 is 18.5. The second-order valence-electron chi connectivity index (χ2n) is 5.73. The van der Waals surface area contributed by atoms with E-state index in [2.05, 4.69) is 10.3 Å². The smallest absolute Gasteiger partial charge is 0.339 e. The Hall–Kier alpha value is -2.96. The van der Waals surface area contributed by atoms with Crippen molar-refractivity contribution in [1.82, 2.24) is 4.98 Å². The molecule has 0 atom stereocenters. The summed E-state index contributed by atoms with van der Waals surface area (Å²) in [6, 6.07) is 4.36. The first-order valence-electron chi connectivity index (χ1n) is 7.61. The van der Waals surface area contributed by atoms with Gasteiger partial charge in [-0.25, -0.2) is 9.18 Å². The number of aromatic nitrogens is 1. The van der Waals surface area contributed by atoms with Gasteiger partial charge in [-0.1, -0.05) is 6.07 Å². The molecule has 1 heterocycles. The van der Waals surface area contributed by atoms with E-state index < -0.39 is 17.7 Å². The summed E-state index contributed by atoms with van der Waals surface area (Å²) in [5.74, 6) is -1.99. The minimum Gasteiger partial charge on any atom is -0.465 e. The molecule has 6 nitrogen and oxygen atoms in total. The van der Waals surface area contributed by atoms with E-state index in [0.717, 1.165) is 5.56 Å². The first kappa shape index (κ1) is 18.4. The molecular weight excluding hydrogens is 327 g/mol. The van der Waals surface area contributed by atoms with E-state index in [0.29, 0.717) is 5.56 Å². The van der Waals surface area contributed by atoms with Gasteiger partial charge in [0.25, 0.3) is 0 Å². The average Bonchev–Trinajstić information content (AvgIpc) is 2.86. The summed E-state index contributed by atoms with van der Waals surface area (Å²) in [5, 5.41) is 2.47. The van der Waals surface area contributed by atoms with E-state index >= 15 is 0 Å². The number of hydrogen-bond donors (Lipinski definition) is 2. The topological polar surface area (TPSA) is 88.3 Å². The molecule has 0 saturated carbocycles. The van der Waals surface area contributed by atoms with Crippen molar-refractivity contribution < 1.29 is 23.5 Å². The Bertz CT molecular complexity index is 855. The Balaban J connectivity index is 2.31. The number of rotatable bonds is 5. The van der Waals surface area contributed by atoms with Crippen molar-refractivity contribution in [3.63, 3.8) is 0 Å². The van der Waals surface area contributed by atoms with E-state index in [9.17, 15) is 18.8 Å². The number of carbonyl (C=O) groups excluding carboxylic acids is 3. The molecule has 0 spiro atoms. The maximum atomic E-state index is 13.8. The number of ether oxygens (including phenoxy) is 1. The van der Waals surface area contributed by atoms with Crippen LogP contribution in [-0.2, 0) is 16.0 Å². The van der Waals surface area contributed by atoms with Crippen LogP contribution in [0, 0.1) is 19.7 Å². The van der Waals surface area contributed by atoms with Crippen molar-refractivity contribution in [3.05, 3.63) is 52.1 Å². The number of H-pyrrole nitrogens is 1. The van der Waals surface area contributed by atoms with Crippen molar-refractivity contribution in [2.75, 3.05) is 12.4 Å². The molecule has 2 rings (SSSR count). The molecule has 0 aliphatic heterocycles. The van der Waals surface area contributed by atoms with Crippen LogP contribution < -0.4 is 5.32 Å². The van der Waals surface area contributed by atoms with Crippen LogP contribution in [0.2, 0.25) is 0 Å². The lowest BCUT2D eigenvalue weighted by Gasteiger charge is -2.08. The van der Waals surface area contributed by atoms with E-state index in [1.54, 1.807) is 19.9 Å². The second kappa shape index (κ2) is 7.29. The first-order valence-corrected chi connectivity index (χ1v) is 7.61. The van der Waals surface area contributed by atoms with Gasteiger partial charge in [-0.15, -0.1) is 0 Å². The molecule has 1 aromatic heterocycles. The van der Waals surface area contributed by atoms with E-state index in [-0.39, 0.29) is 34.8 Å². The minimum atomic E-state index is -0.647. The molecular formula is C18H19FN2O4. The molecule has 0 fully saturated rings. The van der Waals surface area contributed by atoms with Crippen LogP contribution in [0.15, 0.2) is 18.2 Å². The number of hydrogen-bond acceptors (Lipinski definition) is 4. The number of nitrogens with one attached hydrogen (secondary N) is 2. The highest BCUT2D eigenvalue weighted by molar-refractivity contribution is 6.02. The fraction of sp³-hybridized carbons (Fsp3) is 0.278. The Labute approximate surface area is 144 Å². The molecule has 25 heavy (non-hydrogen) atoms. The third kappa shape index (κ3) is 3.93. The van der Waals surface area contributed by atoms with E-state index in [4.69, 9.17) is 4.74 Å². The van der Waals surface area contributed by atoms with Crippen LogP contribution in [0.4, 0.5) is 10.1 Å². The van der Waals surface area contributed by atoms with Crippen LogP contribution in [0.25, 0.3) is 0 Å². The van der Waals surface area contributed by atoms with Gasteiger partial charge in [0, 0.05) is 12.6 Å². The second-order valence-corrected chi connectivity index (χ2v) is 5.73. The number of halogens is 1. The summed E-state index contributed by atoms with van der Waals surface area (Å²) in [5.41, 5.74) is 1.91. The number of carbonyl (C=O) groups is 3. The predicted molar refractivity (Wildman–Crippen MR) is 90.3 cm³/mol. The van der Waals surface area contributed by atoms with Crippen molar-refractivity contribution in [3.8, 4) is 0 Å². The molecule has 0 aliphatic carbocycles. The van der Waals surface area contributed by atoms with Crippen molar-refractivity contribution in [1.29, 1.82) is 0 Å². The van der Waals surface area contributed by atoms with Gasteiger partial charge in [0.15, 0.2) is 5.78 Å². The van der Waals surface area contributed by atoms with Crippen LogP contribution in [0.3, 0.4) is 0 Å². The summed E-state index contributed by atoms with van der Waals surface area (Å²) in [7, 11) is 1.22. The zero-order chi connectivity index (χ0) is 18.7. The van der Waals surface area contributed by atoms with E-state index in [1.807, 2.05) is 0 Å². The Morgan fingerprint density at radius 1 is 1.24 bits per heavy atom. The van der Waals surface area contributed by atoms with Crippen molar-refractivity contribution >= 4 is 23.3 Å². The first-order chi connectivity index (χ1) is 11.7. The normalized spacial score (nSPS) is 10.4. The molecule has 0 aliphatic rings. The van der Waals surface area contributed by atoms with Crippen LogP contribution in [0.5, 0.6) is 0 Å². The number of ketones is 1. The van der Waals surface area contributed by atoms with Gasteiger partial charge in [-0.2, -0.15) is 0 Å². The number of amides is 1. The molecule has 1 aromatic carbocycles. The molecule has 0 bridgehead atoms. The number of methoxy groups -OCH3 is 1. The lowest BCUT2D eigenvalue weighted by molar-refractivity contribution is -0.115. The average molecular weight is 346 g/mol. The summed E-state index contributed by atoms with van der Waals surface area (Å²) >= 11 is 0. The Morgan fingerprint density at radius 3 is 2.52 bits per heavy atom. The number of esters is 1. The molecule has 0 saturated heterocycles. The quantitative estimate of drug-likeness (QED) is 0.643. The van der Waals surface area contributed by atoms with Crippen LogP contribution in [-0.4, -0.2) is 29.8 Å². The highest BCUT2D eigenvalue weighted by atomic mass is 19.1. The van der Waals surface area contributed by atoms with Gasteiger partial charge in [-0.3, -0.25) is 9.59 Å². The lowest BCUT2D eigenvalue weighted by Crippen LogP contribution is -2.17. The SMILES string of the molecule is COC(=O)c1c(CC(=O)Nc2cc(C)ccc2F)[nH]c(C(C)=O)c1C. The molecule has 0 unspecified atom stereocenters. The third-order valence-corrected chi connectivity index (χ3v) is 3.80. The number of Topliss-reactive ketones (excluding diaryl/α,β-unsaturated/α-hetero) is 1. The fourth-order valence-electron chi connectivity index (χ4n) is 2.61. The van der Waals surface area contributed by atoms with E-state index in [1.165, 1.54) is 26.2 Å². The van der Waals surface area contributed by atoms with Gasteiger partial charge in [0.2, 0.25) is 5.91 Å². The standard InChI is InChI=1S/C18H19FN2O4/c1-9-5-6-12(19)13(7-9)20-15(23)8-14-16(18(24)25-4)10(2)17(21-14)11(3)22/h5-7,21H,8H2,1-4H3,(H,20,23). The number of aryl methyl sites for hydroxylation is 1. The molecule has 2 aromatic rings. The highest BCUT2D eigenvalue weighted by Gasteiger charge is 2.24. The minimum absolute atomic E-state index is 0.0553. The molecule has 132 valence electrons. The molecule has 0 radical (unpaired) electrons. The third-order valence-electron chi connectivity index (χ3n) is 3.80. The predicted octanol–water partition coefficient (Wildman–Crippen LogP) is 2.94. The maximum absolute atomic E-state index is 13.8. The zero-order valence-electron chi connectivity index (χ0n) is 14.5. The number of aromatic amines is 1. The lowest BCUT2D eigenvalue weighted by atomic mass is 10.1. The number of benzene rings is 1. The molecule has 7 heteroatoms. The van der Waals surface area contributed by atoms with Crippen molar-refractivity contribution in [2.24, 2.45) is 0 Å². The van der Waals surface area contributed by atoms with Gasteiger partial charge < -0.3 is 15.0 Å². The molecule has 2 N–H and O–H groups in total. The van der Waals surface area contributed by atoms with Gasteiger partial charge >= 0.3 is 5.97 Å². The molecule has 1 amide bonds. The summed E-state index contributed by atoms with van der Waals surface area (Å²) in [6.07, 6.45) is -0.230. The summed E-state index contributed by atoms with van der Waals surface area (Å²) in [6.45, 7) is 4.73. The fourth-order valence-corrected chi connectivity index (χ4v) is 2.61. The largest absolute Gasteiger partial charge is 0.465 e. The van der Waals surface area contributed by atoms with Gasteiger partial charge in [-0.05, 0) is 37.1 Å². The van der Waals surface area contributed by atoms with Crippen LogP contribution >= 0.6 is 0 Å². The summed E-state index contributed by atoms with van der Waals surface area (Å²) in [4.78, 5) is 38.7. The Kier molecular flexibility index (Phi) is 5.36. The van der Waals surface area contributed by atoms with Crippen LogP contribution in [0.1, 0.15) is 44.6 Å². The number of anilines is 1. The van der Waals surface area contributed by atoms with Gasteiger partial charge in [0.1, 0.15) is 5.82 Å². The zero-order valence-corrected chi connectivity index (χ0v) is 14.5. The van der Waals surface area contributed by atoms with Crippen molar-refractivity contribution in [2.45, 2.75) is 27.2 Å². The monoisotopic (exact) mass is 346 g/mol.